The Morgan fingerprint density at radius 2 is 1.07 bits per heavy atom. The van der Waals surface area contributed by atoms with Gasteiger partial charge in [0, 0.05) is 12.8 Å². The molecule has 0 bridgehead atoms. The fraction of sp³-hybridized carbons (Fsp3) is 0.605. The van der Waals surface area contributed by atoms with Gasteiger partial charge in [0.1, 0.15) is 12.7 Å². The first-order valence-electron chi connectivity index (χ1n) is 20.1. The molecular weight excluding hydrogens is 721 g/mol. The number of nitrogens with one attached hydrogen (secondary N) is 1. The highest BCUT2D eigenvalue weighted by Gasteiger charge is 2.28. The van der Waals surface area contributed by atoms with E-state index in [9.17, 15) is 34.1 Å². The van der Waals surface area contributed by atoms with Crippen LogP contribution in [-0.2, 0) is 32.7 Å². The van der Waals surface area contributed by atoms with E-state index in [0.29, 0.717) is 19.3 Å². The second-order valence-electron chi connectivity index (χ2n) is 13.1. The van der Waals surface area contributed by atoms with Crippen molar-refractivity contribution in [1.82, 2.24) is 5.32 Å². The minimum Gasteiger partial charge on any atom is -0.480 e. The van der Waals surface area contributed by atoms with Gasteiger partial charge in [0.2, 0.25) is 5.91 Å². The van der Waals surface area contributed by atoms with E-state index in [2.05, 4.69) is 92.1 Å². The van der Waals surface area contributed by atoms with Crippen LogP contribution in [-0.4, -0.2) is 64.9 Å². The van der Waals surface area contributed by atoms with E-state index in [1.54, 1.807) is 0 Å². The average molecular weight is 792 g/mol. The lowest BCUT2D eigenvalue weighted by molar-refractivity contribution is -0.147. The molecule has 0 fully saturated rings. The number of aliphatic hydroxyl groups excluding tert-OH is 1. The Morgan fingerprint density at radius 1 is 0.600 bits per heavy atom. The van der Waals surface area contributed by atoms with Crippen molar-refractivity contribution in [2.45, 2.75) is 148 Å². The van der Waals surface area contributed by atoms with E-state index in [4.69, 9.17) is 13.8 Å². The number of amides is 1. The van der Waals surface area contributed by atoms with Crippen molar-refractivity contribution < 1.29 is 47.8 Å². The normalized spacial score (nSPS) is 14.7. The van der Waals surface area contributed by atoms with Crippen molar-refractivity contribution in [2.24, 2.45) is 0 Å². The number of hydrogen-bond donors (Lipinski definition) is 4. The fourth-order valence-corrected chi connectivity index (χ4v) is 5.55. The number of carbonyl (C=O) groups excluding carboxylic acids is 2. The van der Waals surface area contributed by atoms with Gasteiger partial charge in [0.25, 0.3) is 0 Å². The predicted octanol–water partition coefficient (Wildman–Crippen LogP) is 9.94. The summed E-state index contributed by atoms with van der Waals surface area (Å²) in [6, 6.07) is -1.56. The molecule has 4 N–H and O–H groups in total. The second-order valence-corrected chi connectivity index (χ2v) is 14.5. The Balaban J connectivity index is 4.06. The first-order chi connectivity index (χ1) is 26.6. The maximum absolute atomic E-state index is 12.3. The predicted molar refractivity (Wildman–Crippen MR) is 221 cm³/mol. The monoisotopic (exact) mass is 791 g/mol. The topological polar surface area (TPSA) is 169 Å². The number of allylic oxidation sites excluding steroid dienone is 14. The van der Waals surface area contributed by atoms with E-state index >= 15 is 0 Å². The molecular formula is C43H70NO10P. The standard InChI is InChI=1S/C43H70NO10P/c1-3-5-7-9-11-13-15-17-19-20-21-23-25-27-29-31-33-35-42(47)52-36-39(45)37-53-55(50,51)54-38-40(43(48)49)44-41(46)34-32-30-28-26-24-22-18-16-14-12-10-8-6-4-2/h5,7,10-13,16-19,21,23,27,29,39-40,45H,3-4,6,8-9,14-15,20,22,24-26,28,30-38H2,1-2H3,(H,44,46)(H,48,49)(H,50,51)/b7-5-,12-10-,13-11-,18-16-,19-17-,23-21-,29-27-. The quantitative estimate of drug-likeness (QED) is 0.0207. The third-order valence-electron chi connectivity index (χ3n) is 7.92. The Morgan fingerprint density at radius 3 is 1.62 bits per heavy atom. The van der Waals surface area contributed by atoms with E-state index in [1.807, 2.05) is 12.2 Å². The molecule has 0 aromatic rings. The first-order valence-corrected chi connectivity index (χ1v) is 21.6. The third kappa shape index (κ3) is 37.4. The zero-order valence-electron chi connectivity index (χ0n) is 33.4. The number of carbonyl (C=O) groups is 3. The maximum Gasteiger partial charge on any atom is 0.472 e. The van der Waals surface area contributed by atoms with Gasteiger partial charge in [-0.1, -0.05) is 131 Å². The summed E-state index contributed by atoms with van der Waals surface area (Å²) in [5, 5.41) is 21.7. The van der Waals surface area contributed by atoms with Crippen molar-refractivity contribution in [1.29, 1.82) is 0 Å². The molecule has 3 atom stereocenters. The zero-order chi connectivity index (χ0) is 40.7. The summed E-state index contributed by atoms with van der Waals surface area (Å²) in [6.07, 6.45) is 44.7. The molecule has 0 aliphatic heterocycles. The van der Waals surface area contributed by atoms with Crippen molar-refractivity contribution in [3.63, 3.8) is 0 Å². The molecule has 0 saturated heterocycles. The minimum absolute atomic E-state index is 0.121. The molecule has 0 spiro atoms. The van der Waals surface area contributed by atoms with Gasteiger partial charge in [0.05, 0.1) is 13.2 Å². The highest BCUT2D eigenvalue weighted by Crippen LogP contribution is 2.43. The number of aliphatic hydroxyl groups is 1. The van der Waals surface area contributed by atoms with Crippen LogP contribution < -0.4 is 5.32 Å². The summed E-state index contributed by atoms with van der Waals surface area (Å²) in [5.74, 6) is -2.47. The molecule has 312 valence electrons. The zero-order valence-corrected chi connectivity index (χ0v) is 34.3. The summed E-state index contributed by atoms with van der Waals surface area (Å²) in [5.41, 5.74) is 0. The van der Waals surface area contributed by atoms with Crippen LogP contribution in [0.5, 0.6) is 0 Å². The second kappa shape index (κ2) is 37.6. The van der Waals surface area contributed by atoms with Crippen molar-refractivity contribution in [3.05, 3.63) is 85.1 Å². The smallest absolute Gasteiger partial charge is 0.472 e. The van der Waals surface area contributed by atoms with Gasteiger partial charge in [-0.15, -0.1) is 0 Å². The SMILES string of the molecule is CC/C=C\C/C=C\C/C=C\C/C=C\C/C=C\CCCC(=O)OCC(O)COP(=O)(O)OCC(NC(=O)CCCCCCC/C=C\C/C=C\CCCC)C(=O)O. The number of hydrogen-bond acceptors (Lipinski definition) is 8. The lowest BCUT2D eigenvalue weighted by Gasteiger charge is -2.18. The van der Waals surface area contributed by atoms with Crippen LogP contribution in [0.1, 0.15) is 136 Å². The summed E-state index contributed by atoms with van der Waals surface area (Å²) >= 11 is 0. The average Bonchev–Trinajstić information content (AvgIpc) is 3.16. The van der Waals surface area contributed by atoms with Crippen LogP contribution in [0.3, 0.4) is 0 Å². The maximum atomic E-state index is 12.3. The van der Waals surface area contributed by atoms with Gasteiger partial charge >= 0.3 is 19.8 Å². The van der Waals surface area contributed by atoms with Gasteiger partial charge in [-0.2, -0.15) is 0 Å². The Labute approximate surface area is 331 Å². The molecule has 0 aromatic heterocycles. The van der Waals surface area contributed by atoms with Gasteiger partial charge in [-0.05, 0) is 77.0 Å². The van der Waals surface area contributed by atoms with Gasteiger partial charge < -0.3 is 25.2 Å². The molecule has 0 heterocycles. The number of rotatable bonds is 36. The van der Waals surface area contributed by atoms with E-state index < -0.39 is 57.6 Å². The first kappa shape index (κ1) is 51.7. The molecule has 11 nitrogen and oxygen atoms in total. The van der Waals surface area contributed by atoms with Crippen molar-refractivity contribution in [2.75, 3.05) is 19.8 Å². The number of carboxylic acid groups (broad SMARTS) is 1. The van der Waals surface area contributed by atoms with Crippen LogP contribution in [0.2, 0.25) is 0 Å². The summed E-state index contributed by atoms with van der Waals surface area (Å²) < 4.78 is 26.7. The van der Waals surface area contributed by atoms with E-state index in [1.165, 1.54) is 12.8 Å². The summed E-state index contributed by atoms with van der Waals surface area (Å²) in [6.45, 7) is 2.33. The molecule has 0 saturated carbocycles. The minimum atomic E-state index is -4.77. The molecule has 12 heteroatoms. The highest BCUT2D eigenvalue weighted by atomic mass is 31.2. The number of esters is 1. The largest absolute Gasteiger partial charge is 0.480 e. The number of phosphoric ester groups is 1. The Kier molecular flexibility index (Phi) is 35.3. The van der Waals surface area contributed by atoms with Crippen LogP contribution >= 0.6 is 7.82 Å². The van der Waals surface area contributed by atoms with Gasteiger partial charge in [-0.3, -0.25) is 18.6 Å². The Hall–Kier alpha value is -3.34. The molecule has 0 aliphatic carbocycles. The number of unbranched alkanes of at least 4 members (excludes halogenated alkanes) is 8. The van der Waals surface area contributed by atoms with Crippen molar-refractivity contribution in [3.8, 4) is 0 Å². The molecule has 3 unspecified atom stereocenters. The number of ether oxygens (including phenoxy) is 1. The van der Waals surface area contributed by atoms with Gasteiger partial charge in [-0.25, -0.2) is 9.36 Å². The summed E-state index contributed by atoms with van der Waals surface area (Å²) in [7, 11) is -4.77. The molecule has 0 aromatic carbocycles. The van der Waals surface area contributed by atoms with Crippen molar-refractivity contribution >= 4 is 25.7 Å². The number of carboxylic acids is 1. The van der Waals surface area contributed by atoms with Crippen LogP contribution in [0, 0.1) is 0 Å². The van der Waals surface area contributed by atoms with Crippen LogP contribution in [0.4, 0.5) is 0 Å². The lowest BCUT2D eigenvalue weighted by atomic mass is 10.1. The van der Waals surface area contributed by atoms with Crippen LogP contribution in [0.25, 0.3) is 0 Å². The lowest BCUT2D eigenvalue weighted by Crippen LogP contribution is -2.43. The van der Waals surface area contributed by atoms with E-state index in [0.717, 1.165) is 77.0 Å². The molecule has 1 amide bonds. The molecule has 55 heavy (non-hydrogen) atoms. The van der Waals surface area contributed by atoms with E-state index in [-0.39, 0.29) is 12.8 Å². The van der Waals surface area contributed by atoms with Crippen LogP contribution in [0.15, 0.2) is 85.1 Å². The Bertz CT molecular complexity index is 1250. The number of aliphatic carboxylic acids is 1. The molecule has 0 radical (unpaired) electrons. The number of phosphoric acid groups is 1. The molecule has 0 aliphatic rings. The third-order valence-corrected chi connectivity index (χ3v) is 8.87. The molecule has 0 rings (SSSR count). The fourth-order valence-electron chi connectivity index (χ4n) is 4.78. The highest BCUT2D eigenvalue weighted by molar-refractivity contribution is 7.47. The van der Waals surface area contributed by atoms with Gasteiger partial charge in [0.15, 0.2) is 6.04 Å². The summed E-state index contributed by atoms with van der Waals surface area (Å²) in [4.78, 5) is 45.8.